The molecule has 0 unspecified atom stereocenters. The molecule has 1 heterocycles. The molecule has 0 saturated heterocycles. The summed E-state index contributed by atoms with van der Waals surface area (Å²) in [6.45, 7) is 1.93. The van der Waals surface area contributed by atoms with Gasteiger partial charge < -0.3 is 4.74 Å². The molecule has 3 aromatic rings. The van der Waals surface area contributed by atoms with Crippen LogP contribution in [0, 0.1) is 0 Å². The maximum absolute atomic E-state index is 13.0. The molecule has 0 radical (unpaired) electrons. The Labute approximate surface area is 203 Å². The zero-order chi connectivity index (χ0) is 23.5. The van der Waals surface area contributed by atoms with Crippen LogP contribution in [-0.4, -0.2) is 21.7 Å². The minimum Gasteiger partial charge on any atom is -0.449 e. The Morgan fingerprint density at radius 3 is 2.18 bits per heavy atom. The topological polar surface area (TPSA) is 55.7 Å². The average Bonchev–Trinajstić information content (AvgIpc) is 3.13. The molecule has 5 heteroatoms. The first-order chi connectivity index (χ1) is 16.6. The number of amides is 1. The largest absolute Gasteiger partial charge is 0.449 e. The molecule has 0 saturated carbocycles. The number of esters is 1. The number of rotatable bonds is 5. The van der Waals surface area contributed by atoms with E-state index >= 15 is 0 Å². The first kappa shape index (κ1) is 22.4. The molecule has 1 aliphatic carbocycles. The second kappa shape index (κ2) is 9.43. The molecule has 4 nitrogen and oxygen atoms in total. The van der Waals surface area contributed by atoms with Gasteiger partial charge >= 0.3 is 5.97 Å². The van der Waals surface area contributed by atoms with Gasteiger partial charge in [0, 0.05) is 22.8 Å². The number of ether oxygens (including phenoxy) is 1. The van der Waals surface area contributed by atoms with E-state index in [0.29, 0.717) is 11.5 Å². The minimum atomic E-state index is -0.899. The van der Waals surface area contributed by atoms with E-state index in [1.54, 1.807) is 6.08 Å². The van der Waals surface area contributed by atoms with Crippen molar-refractivity contribution in [1.82, 2.24) is 0 Å². The highest BCUT2D eigenvalue weighted by molar-refractivity contribution is 8.16. The van der Waals surface area contributed by atoms with Crippen LogP contribution in [0.5, 0.6) is 0 Å². The van der Waals surface area contributed by atoms with Crippen molar-refractivity contribution in [3.8, 4) is 0 Å². The van der Waals surface area contributed by atoms with Gasteiger partial charge in [-0.2, -0.15) is 0 Å². The van der Waals surface area contributed by atoms with Crippen molar-refractivity contribution < 1.29 is 14.3 Å². The van der Waals surface area contributed by atoms with Gasteiger partial charge in [0.1, 0.15) is 9.79 Å². The van der Waals surface area contributed by atoms with E-state index in [9.17, 15) is 9.59 Å². The number of thioether (sulfide) groups is 1. The Hall–Kier alpha value is -3.44. The summed E-state index contributed by atoms with van der Waals surface area (Å²) < 4.78 is 5.14. The van der Waals surface area contributed by atoms with Crippen molar-refractivity contribution in [2.24, 2.45) is 4.99 Å². The molecule has 0 fully saturated rings. The van der Waals surface area contributed by atoms with E-state index in [4.69, 9.17) is 4.74 Å². The quantitative estimate of drug-likeness (QED) is 0.349. The molecule has 170 valence electrons. The van der Waals surface area contributed by atoms with Crippen molar-refractivity contribution in [3.05, 3.63) is 119 Å². The van der Waals surface area contributed by atoms with Crippen LogP contribution in [0.2, 0.25) is 0 Å². The molecule has 0 aromatic heterocycles. The first-order valence-corrected chi connectivity index (χ1v) is 12.3. The number of hydrogen-bond acceptors (Lipinski definition) is 4. The van der Waals surface area contributed by atoms with Crippen molar-refractivity contribution in [3.63, 3.8) is 0 Å². The molecule has 3 aromatic carbocycles. The minimum absolute atomic E-state index is 0.243. The highest BCUT2D eigenvalue weighted by Crippen LogP contribution is 2.41. The molecule has 1 atom stereocenters. The van der Waals surface area contributed by atoms with Crippen molar-refractivity contribution in [1.29, 1.82) is 0 Å². The van der Waals surface area contributed by atoms with Crippen LogP contribution < -0.4 is 0 Å². The monoisotopic (exact) mass is 467 g/mol. The number of aryl methyl sites for hydroxylation is 2. The second-order valence-electron chi connectivity index (χ2n) is 8.48. The Morgan fingerprint density at radius 2 is 1.56 bits per heavy atom. The normalized spacial score (nSPS) is 19.9. The Bertz CT molecular complexity index is 1250. The van der Waals surface area contributed by atoms with Gasteiger partial charge in [0.25, 0.3) is 5.91 Å². The molecule has 1 amide bonds. The van der Waals surface area contributed by atoms with E-state index in [-0.39, 0.29) is 5.91 Å². The third-order valence-electron chi connectivity index (χ3n) is 6.45. The fraction of sp³-hybridized carbons (Fsp3) is 0.207. The van der Waals surface area contributed by atoms with Crippen LogP contribution in [0.1, 0.15) is 47.3 Å². The van der Waals surface area contributed by atoms with Crippen molar-refractivity contribution >= 4 is 28.7 Å². The Kier molecular flexibility index (Phi) is 6.20. The first-order valence-electron chi connectivity index (χ1n) is 11.5. The molecule has 5 rings (SSSR count). The SMILES string of the molecule is CC[C@]1(/C=C/C(=O)OC2c3ccccc3CCc3ccccc32)SC(c2ccccc2)=NC1=O. The summed E-state index contributed by atoms with van der Waals surface area (Å²) in [5.74, 6) is -0.709. The Morgan fingerprint density at radius 1 is 0.971 bits per heavy atom. The fourth-order valence-corrected chi connectivity index (χ4v) is 5.67. The summed E-state index contributed by atoms with van der Waals surface area (Å²) in [6, 6.07) is 25.9. The lowest BCUT2D eigenvalue weighted by Gasteiger charge is -2.21. The van der Waals surface area contributed by atoms with E-state index in [2.05, 4.69) is 17.1 Å². The highest BCUT2D eigenvalue weighted by Gasteiger charge is 2.42. The predicted octanol–water partition coefficient (Wildman–Crippen LogP) is 5.84. The zero-order valence-electron chi connectivity index (χ0n) is 18.9. The molecule has 0 bridgehead atoms. The number of fused-ring (bicyclic) bond motifs is 2. The van der Waals surface area contributed by atoms with Crippen molar-refractivity contribution in [2.75, 3.05) is 0 Å². The molecular formula is C29H25NO3S. The summed E-state index contributed by atoms with van der Waals surface area (Å²) in [6.07, 6.45) is 4.91. The number of nitrogens with zero attached hydrogens (tertiary/aromatic N) is 1. The number of carbonyl (C=O) groups excluding carboxylic acids is 2. The van der Waals surface area contributed by atoms with Gasteiger partial charge in [-0.05, 0) is 30.4 Å². The molecule has 0 N–H and O–H groups in total. The summed E-state index contributed by atoms with van der Waals surface area (Å²) in [5, 5.41) is 0.678. The lowest BCUT2D eigenvalue weighted by atomic mass is 9.97. The van der Waals surface area contributed by atoms with E-state index < -0.39 is 16.8 Å². The van der Waals surface area contributed by atoms with Gasteiger partial charge in [0.15, 0.2) is 6.10 Å². The summed E-state index contributed by atoms with van der Waals surface area (Å²) >= 11 is 1.39. The Balaban J connectivity index is 1.39. The van der Waals surface area contributed by atoms with Crippen LogP contribution in [-0.2, 0) is 27.2 Å². The molecule has 0 spiro atoms. The number of benzene rings is 3. The standard InChI is InChI=1S/C29H25NO3S/c1-2-29(28(32)30-27(34-29)22-12-4-3-5-13-22)19-18-25(31)33-26-23-14-8-6-10-20(23)16-17-21-11-7-9-15-24(21)26/h3-15,18-19,26H,2,16-17H2,1H3/b19-18+/t29-/m1/s1. The van der Waals surface area contributed by atoms with E-state index in [1.807, 2.05) is 73.7 Å². The fourth-order valence-electron chi connectivity index (χ4n) is 4.53. The van der Waals surface area contributed by atoms with Gasteiger partial charge in [-0.15, -0.1) is 0 Å². The second-order valence-corrected chi connectivity index (χ2v) is 9.80. The maximum atomic E-state index is 13.0. The predicted molar refractivity (Wildman–Crippen MR) is 136 cm³/mol. The van der Waals surface area contributed by atoms with Crippen LogP contribution in [0.25, 0.3) is 0 Å². The smallest absolute Gasteiger partial charge is 0.331 e. The zero-order valence-corrected chi connectivity index (χ0v) is 19.8. The molecule has 2 aliphatic rings. The highest BCUT2D eigenvalue weighted by atomic mass is 32.2. The van der Waals surface area contributed by atoms with Gasteiger partial charge in [-0.1, -0.05) is 104 Å². The van der Waals surface area contributed by atoms with Crippen LogP contribution >= 0.6 is 11.8 Å². The van der Waals surface area contributed by atoms with Crippen LogP contribution in [0.15, 0.2) is 96.0 Å². The summed E-state index contributed by atoms with van der Waals surface area (Å²) in [4.78, 5) is 30.2. The summed E-state index contributed by atoms with van der Waals surface area (Å²) in [7, 11) is 0. The number of hydrogen-bond donors (Lipinski definition) is 0. The van der Waals surface area contributed by atoms with E-state index in [0.717, 1.165) is 29.5 Å². The third kappa shape index (κ3) is 4.24. The molecule has 1 aliphatic heterocycles. The summed E-state index contributed by atoms with van der Waals surface area (Å²) in [5.41, 5.74) is 5.31. The van der Waals surface area contributed by atoms with Gasteiger partial charge in [-0.3, -0.25) is 4.79 Å². The lowest BCUT2D eigenvalue weighted by molar-refractivity contribution is -0.141. The third-order valence-corrected chi connectivity index (χ3v) is 7.94. The molecular weight excluding hydrogens is 442 g/mol. The van der Waals surface area contributed by atoms with Crippen LogP contribution in [0.4, 0.5) is 0 Å². The van der Waals surface area contributed by atoms with Crippen LogP contribution in [0.3, 0.4) is 0 Å². The molecule has 34 heavy (non-hydrogen) atoms. The maximum Gasteiger partial charge on any atom is 0.331 e. The number of carbonyl (C=O) groups is 2. The van der Waals surface area contributed by atoms with Gasteiger partial charge in [-0.25, -0.2) is 9.79 Å². The lowest BCUT2D eigenvalue weighted by Crippen LogP contribution is -2.28. The van der Waals surface area contributed by atoms with Gasteiger partial charge in [0.05, 0.1) is 0 Å². The number of aliphatic imine (C=N–C) groups is 1. The average molecular weight is 468 g/mol. The van der Waals surface area contributed by atoms with Crippen molar-refractivity contribution in [2.45, 2.75) is 37.0 Å². The van der Waals surface area contributed by atoms with Gasteiger partial charge in [0.2, 0.25) is 0 Å². The van der Waals surface area contributed by atoms with E-state index in [1.165, 1.54) is 29.0 Å².